The quantitative estimate of drug-likeness (QED) is 0.825. The Morgan fingerprint density at radius 2 is 1.89 bits per heavy atom. The molecule has 0 heterocycles. The normalized spacial score (nSPS) is 16.0. The number of hydrogen-bond donors (Lipinski definition) is 2. The van der Waals surface area contributed by atoms with Crippen molar-refractivity contribution in [3.8, 4) is 0 Å². The van der Waals surface area contributed by atoms with E-state index in [1.54, 1.807) is 0 Å². The van der Waals surface area contributed by atoms with Crippen LogP contribution < -0.4 is 5.32 Å². The number of rotatable bonds is 5. The lowest BCUT2D eigenvalue weighted by atomic mass is 10.2. The second-order valence-corrected chi connectivity index (χ2v) is 5.61. The number of carboxylic acids is 1. The molecule has 0 aliphatic heterocycles. The predicted molar refractivity (Wildman–Crippen MR) is 65.8 cm³/mol. The van der Waals surface area contributed by atoms with E-state index < -0.39 is 16.8 Å². The first-order valence-corrected chi connectivity index (χ1v) is 6.89. The minimum atomic E-state index is -1.43. The highest BCUT2D eigenvalue weighted by Crippen LogP contribution is 2.18. The largest absolute Gasteiger partial charge is 0.478 e. The van der Waals surface area contributed by atoms with Crippen molar-refractivity contribution >= 4 is 22.7 Å². The number of carboxylic acid groups (broad SMARTS) is 1. The fourth-order valence-corrected chi connectivity index (χ4v) is 2.38. The first-order valence-electron chi connectivity index (χ1n) is 5.57. The van der Waals surface area contributed by atoms with Gasteiger partial charge in [0, 0.05) is 10.9 Å². The molecule has 0 spiro atoms. The second kappa shape index (κ2) is 5.30. The molecule has 1 fully saturated rings. The molecule has 1 aliphatic rings. The maximum atomic E-state index is 11.8. The molecule has 5 nitrogen and oxygen atoms in total. The minimum absolute atomic E-state index is 0.0804. The minimum Gasteiger partial charge on any atom is -0.478 e. The zero-order valence-corrected chi connectivity index (χ0v) is 10.4. The average Bonchev–Trinajstić information content (AvgIpc) is 3.12. The van der Waals surface area contributed by atoms with Crippen LogP contribution in [-0.4, -0.2) is 33.0 Å². The SMILES string of the molecule is O=C(CS(=O)c1ccc(C(=O)O)cc1)NC1CC1. The molecule has 1 aromatic carbocycles. The number of carbonyl (C=O) groups is 2. The van der Waals surface area contributed by atoms with Gasteiger partial charge in [0.05, 0.1) is 16.4 Å². The van der Waals surface area contributed by atoms with E-state index in [1.165, 1.54) is 24.3 Å². The van der Waals surface area contributed by atoms with Gasteiger partial charge in [-0.05, 0) is 37.1 Å². The molecule has 1 atom stereocenters. The van der Waals surface area contributed by atoms with Crippen molar-refractivity contribution in [2.45, 2.75) is 23.8 Å². The van der Waals surface area contributed by atoms with Crippen LogP contribution in [0.2, 0.25) is 0 Å². The van der Waals surface area contributed by atoms with Crippen molar-refractivity contribution < 1.29 is 18.9 Å². The van der Waals surface area contributed by atoms with E-state index in [2.05, 4.69) is 5.32 Å². The molecule has 1 amide bonds. The zero-order valence-electron chi connectivity index (χ0n) is 9.59. The molecule has 96 valence electrons. The van der Waals surface area contributed by atoms with Gasteiger partial charge >= 0.3 is 5.97 Å². The van der Waals surface area contributed by atoms with Gasteiger partial charge in [0.2, 0.25) is 5.91 Å². The van der Waals surface area contributed by atoms with Crippen LogP contribution in [0.1, 0.15) is 23.2 Å². The Labute approximate surface area is 107 Å². The highest BCUT2D eigenvalue weighted by atomic mass is 32.2. The van der Waals surface area contributed by atoms with E-state index in [-0.39, 0.29) is 23.3 Å². The summed E-state index contributed by atoms with van der Waals surface area (Å²) in [6.07, 6.45) is 1.98. The molecule has 1 saturated carbocycles. The lowest BCUT2D eigenvalue weighted by molar-refractivity contribution is -0.118. The van der Waals surface area contributed by atoms with Crippen LogP contribution in [0, 0.1) is 0 Å². The van der Waals surface area contributed by atoms with E-state index in [9.17, 15) is 13.8 Å². The first kappa shape index (κ1) is 12.8. The van der Waals surface area contributed by atoms with Crippen molar-refractivity contribution in [2.24, 2.45) is 0 Å². The van der Waals surface area contributed by atoms with Crippen LogP contribution in [0.25, 0.3) is 0 Å². The van der Waals surface area contributed by atoms with Crippen molar-refractivity contribution in [1.82, 2.24) is 5.32 Å². The van der Waals surface area contributed by atoms with E-state index in [0.29, 0.717) is 4.90 Å². The van der Waals surface area contributed by atoms with Crippen LogP contribution in [0.4, 0.5) is 0 Å². The Kier molecular flexibility index (Phi) is 3.76. The average molecular weight is 267 g/mol. The van der Waals surface area contributed by atoms with Crippen LogP contribution in [0.15, 0.2) is 29.2 Å². The number of amides is 1. The molecule has 1 unspecified atom stereocenters. The smallest absolute Gasteiger partial charge is 0.335 e. The summed E-state index contributed by atoms with van der Waals surface area (Å²) in [6, 6.07) is 5.97. The summed E-state index contributed by atoms with van der Waals surface area (Å²) in [5, 5.41) is 11.5. The van der Waals surface area contributed by atoms with Crippen molar-refractivity contribution in [2.75, 3.05) is 5.75 Å². The van der Waals surface area contributed by atoms with Gasteiger partial charge in [0.25, 0.3) is 0 Å². The lowest BCUT2D eigenvalue weighted by Gasteiger charge is -2.04. The van der Waals surface area contributed by atoms with Crippen molar-refractivity contribution in [1.29, 1.82) is 0 Å². The van der Waals surface area contributed by atoms with Gasteiger partial charge in [0.1, 0.15) is 5.75 Å². The number of aromatic carboxylic acids is 1. The summed E-state index contributed by atoms with van der Waals surface area (Å²) in [7, 11) is -1.43. The molecule has 18 heavy (non-hydrogen) atoms. The lowest BCUT2D eigenvalue weighted by Crippen LogP contribution is -2.30. The summed E-state index contributed by atoms with van der Waals surface area (Å²) in [5.41, 5.74) is 0.137. The number of hydrogen-bond acceptors (Lipinski definition) is 3. The molecule has 0 radical (unpaired) electrons. The van der Waals surface area contributed by atoms with Gasteiger partial charge in [-0.3, -0.25) is 9.00 Å². The third-order valence-corrected chi connectivity index (χ3v) is 3.89. The van der Waals surface area contributed by atoms with Crippen molar-refractivity contribution in [3.05, 3.63) is 29.8 Å². The molecular formula is C12H13NO4S. The van der Waals surface area contributed by atoms with E-state index in [0.717, 1.165) is 12.8 Å². The Morgan fingerprint density at radius 1 is 1.28 bits per heavy atom. The molecule has 1 aromatic rings. The molecule has 6 heteroatoms. The highest BCUT2D eigenvalue weighted by Gasteiger charge is 2.24. The predicted octanol–water partition coefficient (Wildman–Crippen LogP) is 0.771. The second-order valence-electron chi connectivity index (χ2n) is 4.16. The Bertz CT molecular complexity index is 493. The van der Waals surface area contributed by atoms with Crippen LogP contribution >= 0.6 is 0 Å². The monoisotopic (exact) mass is 267 g/mol. The van der Waals surface area contributed by atoms with Gasteiger partial charge in [-0.1, -0.05) is 0 Å². The topological polar surface area (TPSA) is 83.5 Å². The summed E-state index contributed by atoms with van der Waals surface area (Å²) < 4.78 is 11.8. The Morgan fingerprint density at radius 3 is 2.39 bits per heavy atom. The summed E-state index contributed by atoms with van der Waals surface area (Å²) in [6.45, 7) is 0. The Balaban J connectivity index is 1.95. The van der Waals surface area contributed by atoms with Crippen LogP contribution in [0.3, 0.4) is 0 Å². The number of carbonyl (C=O) groups excluding carboxylic acids is 1. The maximum absolute atomic E-state index is 11.8. The number of benzene rings is 1. The summed E-state index contributed by atoms with van der Waals surface area (Å²) >= 11 is 0. The molecule has 0 aromatic heterocycles. The standard InChI is InChI=1S/C12H13NO4S/c14-11(13-9-3-4-9)7-18(17)10-5-1-8(2-6-10)12(15)16/h1-2,5-6,9H,3-4,7H2,(H,13,14)(H,15,16). The van der Waals surface area contributed by atoms with Gasteiger partial charge in [-0.15, -0.1) is 0 Å². The summed E-state index contributed by atoms with van der Waals surface area (Å²) in [4.78, 5) is 22.6. The first-order chi connectivity index (χ1) is 8.56. The fourth-order valence-electron chi connectivity index (χ4n) is 1.45. The van der Waals surface area contributed by atoms with E-state index in [1.807, 2.05) is 0 Å². The van der Waals surface area contributed by atoms with Gasteiger partial charge < -0.3 is 10.4 Å². The van der Waals surface area contributed by atoms with Gasteiger partial charge in [0.15, 0.2) is 0 Å². The number of nitrogens with one attached hydrogen (secondary N) is 1. The fraction of sp³-hybridized carbons (Fsp3) is 0.333. The molecule has 1 aliphatic carbocycles. The zero-order chi connectivity index (χ0) is 13.1. The Hall–Kier alpha value is -1.69. The summed E-state index contributed by atoms with van der Waals surface area (Å²) in [5.74, 6) is -1.33. The molecule has 0 saturated heterocycles. The van der Waals surface area contributed by atoms with Crippen LogP contribution in [-0.2, 0) is 15.6 Å². The molecule has 0 bridgehead atoms. The highest BCUT2D eigenvalue weighted by molar-refractivity contribution is 7.85. The molecular weight excluding hydrogens is 254 g/mol. The molecule has 2 rings (SSSR count). The van der Waals surface area contributed by atoms with Crippen LogP contribution in [0.5, 0.6) is 0 Å². The third-order valence-electron chi connectivity index (χ3n) is 2.57. The van der Waals surface area contributed by atoms with Crippen molar-refractivity contribution in [3.63, 3.8) is 0 Å². The molecule has 2 N–H and O–H groups in total. The van der Waals surface area contributed by atoms with E-state index in [4.69, 9.17) is 5.11 Å². The van der Waals surface area contributed by atoms with Gasteiger partial charge in [-0.25, -0.2) is 4.79 Å². The third kappa shape index (κ3) is 3.40. The maximum Gasteiger partial charge on any atom is 0.335 e. The van der Waals surface area contributed by atoms with Gasteiger partial charge in [-0.2, -0.15) is 0 Å². The van der Waals surface area contributed by atoms with E-state index >= 15 is 0 Å².